The third kappa shape index (κ3) is 4.09. The van der Waals surface area contributed by atoms with Crippen LogP contribution in [0.2, 0.25) is 0 Å². The molecule has 4 heteroatoms. The molecule has 1 N–H and O–H groups in total. The molecule has 0 bridgehead atoms. The van der Waals surface area contributed by atoms with Crippen LogP contribution in [-0.4, -0.2) is 41.4 Å². The highest BCUT2D eigenvalue weighted by Crippen LogP contribution is 2.36. The number of ether oxygens (including phenoxy) is 2. The van der Waals surface area contributed by atoms with Gasteiger partial charge in [-0.15, -0.1) is 0 Å². The van der Waals surface area contributed by atoms with E-state index in [2.05, 4.69) is 29.2 Å². The van der Waals surface area contributed by atoms with Crippen LogP contribution in [0.4, 0.5) is 0 Å². The van der Waals surface area contributed by atoms with E-state index in [1.54, 1.807) is 0 Å². The summed E-state index contributed by atoms with van der Waals surface area (Å²) in [6.45, 7) is 1.42. The summed E-state index contributed by atoms with van der Waals surface area (Å²) in [5, 5.41) is 9.85. The molecule has 0 amide bonds. The number of nitrogens with zero attached hydrogens (tertiary/aromatic N) is 1. The summed E-state index contributed by atoms with van der Waals surface area (Å²) in [6, 6.07) is 20.8. The van der Waals surface area contributed by atoms with Crippen molar-refractivity contribution in [2.24, 2.45) is 0 Å². The van der Waals surface area contributed by atoms with Gasteiger partial charge in [0.25, 0.3) is 0 Å². The highest BCUT2D eigenvalue weighted by atomic mass is 16.6. The zero-order valence-electron chi connectivity index (χ0n) is 15.0. The van der Waals surface area contributed by atoms with Gasteiger partial charge in [0.05, 0.1) is 6.10 Å². The van der Waals surface area contributed by atoms with Gasteiger partial charge in [-0.1, -0.05) is 48.5 Å². The predicted octanol–water partition coefficient (Wildman–Crippen LogP) is 3.77. The Hall–Kier alpha value is -1.88. The first-order chi connectivity index (χ1) is 12.8. The molecule has 4 nitrogen and oxygen atoms in total. The van der Waals surface area contributed by atoms with Gasteiger partial charge in [0.15, 0.2) is 0 Å². The van der Waals surface area contributed by atoms with E-state index in [0.29, 0.717) is 12.6 Å². The summed E-state index contributed by atoms with van der Waals surface area (Å²) in [5.74, 6) is 0.881. The van der Waals surface area contributed by atoms with E-state index in [9.17, 15) is 5.11 Å². The quantitative estimate of drug-likeness (QED) is 0.888. The number of aliphatic hydroxyl groups is 1. The van der Waals surface area contributed by atoms with Gasteiger partial charge in [0.2, 0.25) is 0 Å². The molecule has 2 aromatic rings. The van der Waals surface area contributed by atoms with Crippen LogP contribution in [0.15, 0.2) is 60.7 Å². The largest absolute Gasteiger partial charge is 0.491 e. The fraction of sp³-hybridized carbons (Fsp3) is 0.455. The minimum absolute atomic E-state index is 0.0270. The molecule has 138 valence electrons. The maximum Gasteiger partial charge on any atom is 0.137 e. The summed E-state index contributed by atoms with van der Waals surface area (Å²) in [6.07, 6.45) is 3.71. The zero-order chi connectivity index (χ0) is 17.8. The lowest BCUT2D eigenvalue weighted by Gasteiger charge is -2.35. The first kappa shape index (κ1) is 17.5. The normalized spacial score (nSPS) is 29.6. The average molecular weight is 353 g/mol. The molecule has 1 aliphatic carbocycles. The van der Waals surface area contributed by atoms with Gasteiger partial charge >= 0.3 is 0 Å². The summed E-state index contributed by atoms with van der Waals surface area (Å²) in [7, 11) is 0. The van der Waals surface area contributed by atoms with Crippen molar-refractivity contribution >= 4 is 0 Å². The summed E-state index contributed by atoms with van der Waals surface area (Å²) in [4.78, 5) is 2.47. The minimum atomic E-state index is -0.137. The Balaban J connectivity index is 1.45. The first-order valence-electron chi connectivity index (χ1n) is 9.61. The predicted molar refractivity (Wildman–Crippen MR) is 101 cm³/mol. The van der Waals surface area contributed by atoms with Crippen LogP contribution in [0.5, 0.6) is 5.75 Å². The maximum atomic E-state index is 9.85. The molecule has 0 aromatic heterocycles. The SMILES string of the molecule is O[C@H]1CC[C@H](N2CC(COc3ccccc3)OC2c2ccccc2)CC1. The topological polar surface area (TPSA) is 41.9 Å². The molecule has 0 spiro atoms. The molecule has 2 aromatic carbocycles. The Morgan fingerprint density at radius 2 is 1.58 bits per heavy atom. The molecule has 2 aliphatic rings. The number of rotatable bonds is 5. The lowest BCUT2D eigenvalue weighted by Crippen LogP contribution is -2.39. The second kappa shape index (κ2) is 8.21. The Kier molecular flexibility index (Phi) is 5.54. The van der Waals surface area contributed by atoms with Crippen LogP contribution >= 0.6 is 0 Å². The van der Waals surface area contributed by atoms with E-state index >= 15 is 0 Å². The standard InChI is InChI=1S/C22H27NO3/c24-19-13-11-18(12-14-19)23-15-21(16-25-20-9-5-2-6-10-20)26-22(23)17-7-3-1-4-8-17/h1-10,18-19,21-22,24H,11-16H2/t18-,19-,21?,22?. The van der Waals surface area contributed by atoms with E-state index in [1.165, 1.54) is 5.56 Å². The monoisotopic (exact) mass is 353 g/mol. The first-order valence-corrected chi connectivity index (χ1v) is 9.61. The Morgan fingerprint density at radius 3 is 2.27 bits per heavy atom. The van der Waals surface area contributed by atoms with Crippen LogP contribution in [0.3, 0.4) is 0 Å². The Labute approximate surface area is 155 Å². The molecule has 26 heavy (non-hydrogen) atoms. The highest BCUT2D eigenvalue weighted by Gasteiger charge is 2.39. The third-order valence-electron chi connectivity index (χ3n) is 5.44. The van der Waals surface area contributed by atoms with E-state index in [1.807, 2.05) is 36.4 Å². The number of hydrogen-bond donors (Lipinski definition) is 1. The van der Waals surface area contributed by atoms with Gasteiger partial charge in [-0.3, -0.25) is 4.90 Å². The van der Waals surface area contributed by atoms with Gasteiger partial charge < -0.3 is 14.6 Å². The molecule has 2 fully saturated rings. The van der Waals surface area contributed by atoms with E-state index < -0.39 is 0 Å². The van der Waals surface area contributed by atoms with Crippen molar-refractivity contribution in [3.8, 4) is 5.75 Å². The van der Waals surface area contributed by atoms with Crippen LogP contribution < -0.4 is 4.74 Å². The molecule has 1 saturated carbocycles. The second-order valence-electron chi connectivity index (χ2n) is 7.30. The molecule has 4 rings (SSSR count). The average Bonchev–Trinajstić information content (AvgIpc) is 3.13. The molecule has 2 unspecified atom stereocenters. The van der Waals surface area contributed by atoms with Crippen molar-refractivity contribution in [1.29, 1.82) is 0 Å². The van der Waals surface area contributed by atoms with E-state index in [-0.39, 0.29) is 18.4 Å². The molecular formula is C22H27NO3. The van der Waals surface area contributed by atoms with Crippen LogP contribution in [-0.2, 0) is 4.74 Å². The van der Waals surface area contributed by atoms with Crippen molar-refractivity contribution in [2.45, 2.75) is 50.2 Å². The lowest BCUT2D eigenvalue weighted by molar-refractivity contribution is -0.0370. The zero-order valence-corrected chi connectivity index (χ0v) is 15.0. The molecule has 1 heterocycles. The third-order valence-corrected chi connectivity index (χ3v) is 5.44. The molecule has 1 aliphatic heterocycles. The van der Waals surface area contributed by atoms with Gasteiger partial charge in [0, 0.05) is 12.6 Å². The fourth-order valence-electron chi connectivity index (χ4n) is 4.05. The molecule has 0 radical (unpaired) electrons. The van der Waals surface area contributed by atoms with E-state index in [0.717, 1.165) is 38.0 Å². The van der Waals surface area contributed by atoms with Crippen molar-refractivity contribution in [3.05, 3.63) is 66.2 Å². The summed E-state index contributed by atoms with van der Waals surface area (Å²) < 4.78 is 12.3. The van der Waals surface area contributed by atoms with Gasteiger partial charge in [-0.05, 0) is 43.4 Å². The van der Waals surface area contributed by atoms with Gasteiger partial charge in [0.1, 0.15) is 24.7 Å². The fourth-order valence-corrected chi connectivity index (χ4v) is 4.05. The summed E-state index contributed by atoms with van der Waals surface area (Å²) >= 11 is 0. The Morgan fingerprint density at radius 1 is 0.923 bits per heavy atom. The summed E-state index contributed by atoms with van der Waals surface area (Å²) in [5.41, 5.74) is 1.20. The maximum absolute atomic E-state index is 9.85. The molecule has 2 atom stereocenters. The van der Waals surface area contributed by atoms with Crippen LogP contribution in [0.25, 0.3) is 0 Å². The van der Waals surface area contributed by atoms with Gasteiger partial charge in [-0.2, -0.15) is 0 Å². The Bertz CT molecular complexity index is 670. The molecular weight excluding hydrogens is 326 g/mol. The second-order valence-corrected chi connectivity index (χ2v) is 7.30. The van der Waals surface area contributed by atoms with Crippen molar-refractivity contribution in [3.63, 3.8) is 0 Å². The highest BCUT2D eigenvalue weighted by molar-refractivity contribution is 5.21. The molecule has 1 saturated heterocycles. The van der Waals surface area contributed by atoms with Gasteiger partial charge in [-0.25, -0.2) is 0 Å². The lowest BCUT2D eigenvalue weighted by atomic mass is 9.91. The number of benzene rings is 2. The number of para-hydroxylation sites is 1. The number of aliphatic hydroxyl groups excluding tert-OH is 1. The van der Waals surface area contributed by atoms with Crippen molar-refractivity contribution in [1.82, 2.24) is 4.90 Å². The smallest absolute Gasteiger partial charge is 0.137 e. The van der Waals surface area contributed by atoms with Crippen LogP contribution in [0, 0.1) is 0 Å². The van der Waals surface area contributed by atoms with Crippen molar-refractivity contribution in [2.75, 3.05) is 13.2 Å². The van der Waals surface area contributed by atoms with Crippen molar-refractivity contribution < 1.29 is 14.6 Å². The van der Waals surface area contributed by atoms with Crippen LogP contribution in [0.1, 0.15) is 37.5 Å². The minimum Gasteiger partial charge on any atom is -0.491 e. The number of hydrogen-bond acceptors (Lipinski definition) is 4. The van der Waals surface area contributed by atoms with E-state index in [4.69, 9.17) is 9.47 Å².